The number of hydrogen-bond donors (Lipinski definition) is 2. The summed E-state index contributed by atoms with van der Waals surface area (Å²) in [6, 6.07) is 9.75. The lowest BCUT2D eigenvalue weighted by Crippen LogP contribution is -2.35. The highest BCUT2D eigenvalue weighted by Gasteiger charge is 2.28. The number of benzene rings is 1. The third-order valence-corrected chi connectivity index (χ3v) is 5.57. The minimum atomic E-state index is -3.30. The fourth-order valence-corrected chi connectivity index (χ4v) is 4.07. The molecule has 0 radical (unpaired) electrons. The van der Waals surface area contributed by atoms with Gasteiger partial charge in [0.2, 0.25) is 10.0 Å². The van der Waals surface area contributed by atoms with Crippen molar-refractivity contribution in [3.63, 3.8) is 0 Å². The summed E-state index contributed by atoms with van der Waals surface area (Å²) >= 11 is 0. The summed E-state index contributed by atoms with van der Waals surface area (Å²) in [5, 5.41) is 4.90. The van der Waals surface area contributed by atoms with Crippen LogP contribution in [-0.4, -0.2) is 32.5 Å². The van der Waals surface area contributed by atoms with E-state index in [2.05, 4.69) is 10.6 Å². The van der Waals surface area contributed by atoms with Crippen molar-refractivity contribution in [1.82, 2.24) is 5.32 Å². The Labute approximate surface area is 144 Å². The summed E-state index contributed by atoms with van der Waals surface area (Å²) in [6.45, 7) is 0.509. The van der Waals surface area contributed by atoms with E-state index in [9.17, 15) is 18.0 Å². The van der Waals surface area contributed by atoms with Crippen LogP contribution in [0.25, 0.3) is 0 Å². The third-order valence-electron chi connectivity index (χ3n) is 3.70. The first kappa shape index (κ1) is 17.0. The molecule has 1 saturated heterocycles. The zero-order valence-electron chi connectivity index (χ0n) is 13.3. The van der Waals surface area contributed by atoms with Gasteiger partial charge in [-0.25, -0.2) is 8.42 Å². The number of amides is 2. The van der Waals surface area contributed by atoms with E-state index in [4.69, 9.17) is 4.42 Å². The zero-order valence-corrected chi connectivity index (χ0v) is 14.1. The summed E-state index contributed by atoms with van der Waals surface area (Å²) in [7, 11) is -3.30. The number of anilines is 2. The van der Waals surface area contributed by atoms with Crippen molar-refractivity contribution in [2.75, 3.05) is 21.9 Å². The Balaban J connectivity index is 1.63. The molecule has 0 saturated carbocycles. The van der Waals surface area contributed by atoms with Crippen LogP contribution in [0.15, 0.2) is 47.1 Å². The number of furan rings is 1. The molecule has 2 heterocycles. The van der Waals surface area contributed by atoms with Crippen molar-refractivity contribution >= 4 is 33.2 Å². The lowest BCUT2D eigenvalue weighted by atomic mass is 10.2. The fraction of sp³-hybridized carbons (Fsp3) is 0.250. The average Bonchev–Trinajstić information content (AvgIpc) is 3.21. The van der Waals surface area contributed by atoms with Gasteiger partial charge in [-0.1, -0.05) is 6.07 Å². The molecule has 0 aliphatic carbocycles. The lowest BCUT2D eigenvalue weighted by molar-refractivity contribution is -0.136. The Morgan fingerprint density at radius 1 is 1.16 bits per heavy atom. The molecule has 2 aromatic rings. The van der Waals surface area contributed by atoms with Crippen molar-refractivity contribution < 1.29 is 22.4 Å². The predicted molar refractivity (Wildman–Crippen MR) is 91.4 cm³/mol. The molecule has 0 spiro atoms. The maximum absolute atomic E-state index is 12.0. The van der Waals surface area contributed by atoms with Gasteiger partial charge in [0.05, 0.1) is 24.2 Å². The molecule has 1 aliphatic heterocycles. The zero-order chi connectivity index (χ0) is 17.9. The largest absolute Gasteiger partial charge is 0.467 e. The number of rotatable bonds is 4. The normalized spacial score (nSPS) is 15.8. The van der Waals surface area contributed by atoms with Gasteiger partial charge >= 0.3 is 11.8 Å². The van der Waals surface area contributed by atoms with Crippen molar-refractivity contribution in [2.24, 2.45) is 0 Å². The molecule has 9 heteroatoms. The van der Waals surface area contributed by atoms with E-state index in [-0.39, 0.29) is 12.3 Å². The molecule has 1 aliphatic rings. The topological polar surface area (TPSA) is 109 Å². The highest BCUT2D eigenvalue weighted by molar-refractivity contribution is 7.93. The number of nitrogens with zero attached hydrogens (tertiary/aromatic N) is 1. The van der Waals surface area contributed by atoms with E-state index in [0.717, 1.165) is 0 Å². The molecule has 8 nitrogen and oxygen atoms in total. The van der Waals surface area contributed by atoms with E-state index >= 15 is 0 Å². The molecule has 1 fully saturated rings. The Bertz CT molecular complexity index is 877. The van der Waals surface area contributed by atoms with Gasteiger partial charge in [0.15, 0.2) is 0 Å². The second kappa shape index (κ2) is 6.98. The van der Waals surface area contributed by atoms with Gasteiger partial charge in [0.25, 0.3) is 0 Å². The third kappa shape index (κ3) is 4.00. The Morgan fingerprint density at radius 3 is 2.68 bits per heavy atom. The molecular weight excluding hydrogens is 346 g/mol. The molecule has 0 unspecified atom stereocenters. The van der Waals surface area contributed by atoms with Crippen LogP contribution in [0.4, 0.5) is 11.4 Å². The standard InChI is InChI=1S/C16H17N3O5S/c20-15(17-11-14-6-2-8-24-14)16(21)18-12-4-1-5-13(10-12)19-7-3-9-25(19,22)23/h1-2,4-6,8,10H,3,7,9,11H2,(H,17,20)(H,18,21). The van der Waals surface area contributed by atoms with Crippen LogP contribution in [0.3, 0.4) is 0 Å². The van der Waals surface area contributed by atoms with E-state index in [1.807, 2.05) is 0 Å². The molecule has 2 N–H and O–H groups in total. The van der Waals surface area contributed by atoms with E-state index < -0.39 is 21.8 Å². The molecule has 132 valence electrons. The summed E-state index contributed by atoms with van der Waals surface area (Å²) in [4.78, 5) is 23.8. The van der Waals surface area contributed by atoms with Crippen LogP contribution >= 0.6 is 0 Å². The van der Waals surface area contributed by atoms with Gasteiger partial charge in [-0.05, 0) is 36.8 Å². The summed E-state index contributed by atoms with van der Waals surface area (Å²) in [6.07, 6.45) is 2.04. The summed E-state index contributed by atoms with van der Waals surface area (Å²) < 4.78 is 30.3. The summed E-state index contributed by atoms with van der Waals surface area (Å²) in [5.74, 6) is -1.01. The highest BCUT2D eigenvalue weighted by Crippen LogP contribution is 2.26. The number of hydrogen-bond acceptors (Lipinski definition) is 5. The summed E-state index contributed by atoms with van der Waals surface area (Å²) in [5.41, 5.74) is 0.809. The van der Waals surface area contributed by atoms with Crippen LogP contribution < -0.4 is 14.9 Å². The minimum Gasteiger partial charge on any atom is -0.467 e. The molecule has 25 heavy (non-hydrogen) atoms. The van der Waals surface area contributed by atoms with Gasteiger partial charge < -0.3 is 15.1 Å². The number of carbonyl (C=O) groups is 2. The Kier molecular flexibility index (Phi) is 4.75. The quantitative estimate of drug-likeness (QED) is 0.790. The Morgan fingerprint density at radius 2 is 2.00 bits per heavy atom. The smallest absolute Gasteiger partial charge is 0.313 e. The van der Waals surface area contributed by atoms with Gasteiger partial charge in [0.1, 0.15) is 5.76 Å². The van der Waals surface area contributed by atoms with E-state index in [1.54, 1.807) is 30.3 Å². The first-order valence-corrected chi connectivity index (χ1v) is 9.29. The number of sulfonamides is 1. The predicted octanol–water partition coefficient (Wildman–Crippen LogP) is 1.07. The van der Waals surface area contributed by atoms with Crippen molar-refractivity contribution in [2.45, 2.75) is 13.0 Å². The molecular formula is C16H17N3O5S. The first-order chi connectivity index (χ1) is 12.0. The molecule has 1 aromatic heterocycles. The highest BCUT2D eigenvalue weighted by atomic mass is 32.2. The maximum atomic E-state index is 12.0. The van der Waals surface area contributed by atoms with Gasteiger partial charge in [0, 0.05) is 12.2 Å². The molecule has 3 rings (SSSR count). The Hall–Kier alpha value is -2.81. The number of nitrogens with one attached hydrogen (secondary N) is 2. The molecule has 0 bridgehead atoms. The van der Waals surface area contributed by atoms with Crippen LogP contribution in [0.5, 0.6) is 0 Å². The van der Waals surface area contributed by atoms with Gasteiger partial charge in [-0.3, -0.25) is 13.9 Å². The van der Waals surface area contributed by atoms with Crippen LogP contribution in [0.2, 0.25) is 0 Å². The van der Waals surface area contributed by atoms with Gasteiger partial charge in [-0.15, -0.1) is 0 Å². The average molecular weight is 363 g/mol. The number of carbonyl (C=O) groups excluding carboxylic acids is 2. The monoisotopic (exact) mass is 363 g/mol. The first-order valence-electron chi connectivity index (χ1n) is 7.68. The van der Waals surface area contributed by atoms with Crippen molar-refractivity contribution in [3.05, 3.63) is 48.4 Å². The van der Waals surface area contributed by atoms with Crippen LogP contribution in [-0.2, 0) is 26.2 Å². The van der Waals surface area contributed by atoms with Crippen molar-refractivity contribution in [3.8, 4) is 0 Å². The second-order valence-corrected chi connectivity index (χ2v) is 7.52. The van der Waals surface area contributed by atoms with Crippen molar-refractivity contribution in [1.29, 1.82) is 0 Å². The SMILES string of the molecule is O=C(NCc1ccco1)C(=O)Nc1cccc(N2CCCS2(=O)=O)c1. The van der Waals surface area contributed by atoms with E-state index in [0.29, 0.717) is 30.1 Å². The maximum Gasteiger partial charge on any atom is 0.313 e. The molecule has 2 amide bonds. The molecule has 1 aromatic carbocycles. The lowest BCUT2D eigenvalue weighted by Gasteiger charge is -2.17. The van der Waals surface area contributed by atoms with Crippen LogP contribution in [0, 0.1) is 0 Å². The van der Waals surface area contributed by atoms with Gasteiger partial charge in [-0.2, -0.15) is 0 Å². The molecule has 0 atom stereocenters. The van der Waals surface area contributed by atoms with E-state index in [1.165, 1.54) is 16.6 Å². The minimum absolute atomic E-state index is 0.102. The second-order valence-electron chi connectivity index (χ2n) is 5.51. The van der Waals surface area contributed by atoms with Crippen LogP contribution in [0.1, 0.15) is 12.2 Å². The fourth-order valence-electron chi connectivity index (χ4n) is 2.52.